The Labute approximate surface area is 202 Å². The van der Waals surface area contributed by atoms with E-state index in [2.05, 4.69) is 33.7 Å². The molecule has 0 radical (unpaired) electrons. The highest BCUT2D eigenvalue weighted by Gasteiger charge is 2.54. The van der Waals surface area contributed by atoms with E-state index in [1.807, 2.05) is 11.7 Å². The smallest absolute Gasteiger partial charge is 0.228 e. The van der Waals surface area contributed by atoms with Crippen molar-refractivity contribution >= 4 is 28.8 Å². The third kappa shape index (κ3) is 4.23. The van der Waals surface area contributed by atoms with Crippen LogP contribution in [-0.4, -0.2) is 55.2 Å². The van der Waals surface area contributed by atoms with E-state index in [-0.39, 0.29) is 5.91 Å². The van der Waals surface area contributed by atoms with Crippen molar-refractivity contribution in [1.29, 1.82) is 0 Å². The first-order valence-electron chi connectivity index (χ1n) is 13.1. The molecule has 3 fully saturated rings. The number of carbonyl (C=O) groups is 2. The van der Waals surface area contributed by atoms with Crippen molar-refractivity contribution in [3.8, 4) is 0 Å². The molecule has 0 bridgehead atoms. The van der Waals surface area contributed by atoms with Crippen molar-refractivity contribution in [3.05, 3.63) is 23.9 Å². The molecule has 2 aliphatic heterocycles. The van der Waals surface area contributed by atoms with Gasteiger partial charge in [-0.2, -0.15) is 5.10 Å². The third-order valence-electron chi connectivity index (χ3n) is 8.98. The summed E-state index contributed by atoms with van der Waals surface area (Å²) < 4.78 is 1.88. The summed E-state index contributed by atoms with van der Waals surface area (Å²) in [7, 11) is 3.58. The van der Waals surface area contributed by atoms with Crippen LogP contribution in [0, 0.1) is 17.3 Å². The number of piperidine rings is 2. The van der Waals surface area contributed by atoms with Crippen molar-refractivity contribution in [2.45, 2.75) is 57.3 Å². The number of aromatic nitrogens is 2. The Kier molecular flexibility index (Phi) is 6.65. The fourth-order valence-electron chi connectivity index (χ4n) is 6.93. The third-order valence-corrected chi connectivity index (χ3v) is 8.98. The second-order valence-electron chi connectivity index (χ2n) is 10.6. The zero-order chi connectivity index (χ0) is 23.7. The number of aryl methyl sites for hydroxylation is 1. The molecule has 184 valence electrons. The number of amides is 1. The van der Waals surface area contributed by atoms with Crippen LogP contribution in [0.2, 0.25) is 0 Å². The Bertz CT molecular complexity index is 1030. The monoisotopic (exact) mass is 465 g/mol. The maximum Gasteiger partial charge on any atom is 0.228 e. The Hall–Kier alpha value is -2.41. The Balaban J connectivity index is 1.31. The van der Waals surface area contributed by atoms with Gasteiger partial charge >= 0.3 is 0 Å². The van der Waals surface area contributed by atoms with Gasteiger partial charge in [0.15, 0.2) is 0 Å². The van der Waals surface area contributed by atoms with Crippen molar-refractivity contribution in [1.82, 2.24) is 20.4 Å². The molecule has 1 unspecified atom stereocenters. The molecule has 2 N–H and O–H groups in total. The van der Waals surface area contributed by atoms with Gasteiger partial charge < -0.3 is 20.3 Å². The van der Waals surface area contributed by atoms with E-state index in [9.17, 15) is 9.59 Å². The average molecular weight is 466 g/mol. The number of fused-ring (bicyclic) bond motifs is 1. The molecule has 1 aromatic carbocycles. The van der Waals surface area contributed by atoms with Crippen LogP contribution in [0.15, 0.2) is 18.2 Å². The summed E-state index contributed by atoms with van der Waals surface area (Å²) in [6.07, 6.45) is 9.91. The fourth-order valence-corrected chi connectivity index (χ4v) is 6.93. The lowest BCUT2D eigenvalue weighted by atomic mass is 9.70. The molecular weight excluding hydrogens is 426 g/mol. The van der Waals surface area contributed by atoms with E-state index in [1.165, 1.54) is 57.3 Å². The fraction of sp³-hybridized carbons (Fsp3) is 0.667. The summed E-state index contributed by atoms with van der Waals surface area (Å²) in [5, 5.41) is 12.0. The summed E-state index contributed by atoms with van der Waals surface area (Å²) in [6.45, 7) is 4.64. The molecule has 1 saturated carbocycles. The zero-order valence-electron chi connectivity index (χ0n) is 20.7. The lowest BCUT2D eigenvalue weighted by Gasteiger charge is -2.42. The number of benzene rings is 1. The number of nitrogens with one attached hydrogen (secondary N) is 2. The van der Waals surface area contributed by atoms with Crippen LogP contribution < -0.4 is 15.5 Å². The lowest BCUT2D eigenvalue weighted by Crippen LogP contribution is -2.41. The molecular formula is C27H39N5O2. The zero-order valence-corrected chi connectivity index (χ0v) is 20.7. The highest BCUT2D eigenvalue weighted by molar-refractivity contribution is 5.92. The topological polar surface area (TPSA) is 79.3 Å². The highest BCUT2D eigenvalue weighted by Crippen LogP contribution is 2.62. The van der Waals surface area contributed by atoms with E-state index < -0.39 is 5.92 Å². The molecule has 3 aliphatic rings. The van der Waals surface area contributed by atoms with Gasteiger partial charge in [0.2, 0.25) is 5.91 Å². The minimum atomic E-state index is -0.412. The first-order chi connectivity index (χ1) is 16.6. The minimum absolute atomic E-state index is 0.0873. The number of hydrogen-bond donors (Lipinski definition) is 2. The lowest BCUT2D eigenvalue weighted by molar-refractivity contribution is -0.122. The molecule has 7 heteroatoms. The predicted molar refractivity (Wildman–Crippen MR) is 135 cm³/mol. The van der Waals surface area contributed by atoms with Gasteiger partial charge in [0.25, 0.3) is 0 Å². The van der Waals surface area contributed by atoms with E-state index >= 15 is 0 Å². The molecule has 3 heterocycles. The van der Waals surface area contributed by atoms with Gasteiger partial charge in [0, 0.05) is 44.7 Å². The summed E-state index contributed by atoms with van der Waals surface area (Å²) in [5.41, 5.74) is 3.70. The maximum absolute atomic E-state index is 12.5. The number of hydrogen-bond acceptors (Lipinski definition) is 5. The number of nitrogens with zero attached hydrogens (tertiary/aromatic N) is 3. The first kappa shape index (κ1) is 23.3. The number of anilines is 1. The summed E-state index contributed by atoms with van der Waals surface area (Å²) >= 11 is 0. The molecule has 1 atom stereocenters. The number of rotatable bonds is 8. The van der Waals surface area contributed by atoms with E-state index in [0.717, 1.165) is 47.8 Å². The maximum atomic E-state index is 12.5. The quantitative estimate of drug-likeness (QED) is 0.585. The molecule has 2 saturated heterocycles. The van der Waals surface area contributed by atoms with E-state index in [4.69, 9.17) is 5.10 Å². The summed E-state index contributed by atoms with van der Waals surface area (Å²) in [5.74, 6) is 1.31. The Morgan fingerprint density at radius 1 is 1.21 bits per heavy atom. The number of aldehydes is 1. The number of carbonyl (C=O) groups excluding carboxylic acids is 2. The summed E-state index contributed by atoms with van der Waals surface area (Å²) in [4.78, 5) is 26.0. The molecule has 5 rings (SSSR count). The Morgan fingerprint density at radius 2 is 1.91 bits per heavy atom. The van der Waals surface area contributed by atoms with Crippen LogP contribution >= 0.6 is 0 Å². The SMILES string of the molecule is CNC(=O)C(CCC=O)c1nn(C)c2cc(N3CCC(C4(C5CCNCC5)CC4)CC3)ccc12. The van der Waals surface area contributed by atoms with Crippen LogP contribution in [0.25, 0.3) is 10.9 Å². The molecule has 1 amide bonds. The van der Waals surface area contributed by atoms with Crippen molar-refractivity contribution < 1.29 is 9.59 Å². The molecule has 34 heavy (non-hydrogen) atoms. The molecule has 0 spiro atoms. The van der Waals surface area contributed by atoms with Gasteiger partial charge in [0.1, 0.15) is 6.29 Å². The average Bonchev–Trinajstić information content (AvgIpc) is 3.64. The van der Waals surface area contributed by atoms with Crippen LogP contribution in [-0.2, 0) is 16.6 Å². The highest BCUT2D eigenvalue weighted by atomic mass is 16.1. The second-order valence-corrected chi connectivity index (χ2v) is 10.6. The summed E-state index contributed by atoms with van der Waals surface area (Å²) in [6, 6.07) is 6.54. The first-order valence-corrected chi connectivity index (χ1v) is 13.1. The second kappa shape index (κ2) is 9.68. The van der Waals surface area contributed by atoms with Gasteiger partial charge in [0.05, 0.1) is 17.1 Å². The molecule has 1 aliphatic carbocycles. The van der Waals surface area contributed by atoms with Crippen LogP contribution in [0.4, 0.5) is 5.69 Å². The van der Waals surface area contributed by atoms with Gasteiger partial charge in [-0.1, -0.05) is 0 Å². The van der Waals surface area contributed by atoms with Crippen LogP contribution in [0.3, 0.4) is 0 Å². The van der Waals surface area contributed by atoms with E-state index in [1.54, 1.807) is 7.05 Å². The van der Waals surface area contributed by atoms with Gasteiger partial charge in [-0.05, 0) is 93.5 Å². The van der Waals surface area contributed by atoms with Gasteiger partial charge in [-0.15, -0.1) is 0 Å². The van der Waals surface area contributed by atoms with Crippen molar-refractivity contribution in [2.24, 2.45) is 24.3 Å². The standard InChI is InChI=1S/C27H39N5O2/c1-28-26(34)23(4-3-17-33)25-22-6-5-21(18-24(22)31(2)30-25)32-15-9-20(10-16-32)27(11-12-27)19-7-13-29-14-8-19/h5-6,17-20,23,29H,3-4,7-16H2,1-2H3,(H,28,34). The minimum Gasteiger partial charge on any atom is -0.371 e. The van der Waals surface area contributed by atoms with Crippen LogP contribution in [0.5, 0.6) is 0 Å². The number of likely N-dealkylation sites (N-methyl/N-ethyl adjacent to an activating group) is 1. The van der Waals surface area contributed by atoms with Crippen LogP contribution in [0.1, 0.15) is 63.0 Å². The molecule has 7 nitrogen and oxygen atoms in total. The predicted octanol–water partition coefficient (Wildman–Crippen LogP) is 3.38. The van der Waals surface area contributed by atoms with Gasteiger partial charge in [-0.3, -0.25) is 9.48 Å². The molecule has 2 aromatic rings. The van der Waals surface area contributed by atoms with Crippen molar-refractivity contribution in [3.63, 3.8) is 0 Å². The Morgan fingerprint density at radius 3 is 2.56 bits per heavy atom. The van der Waals surface area contributed by atoms with E-state index in [0.29, 0.717) is 18.3 Å². The normalized spacial score (nSPS) is 22.0. The molecule has 1 aromatic heterocycles. The van der Waals surface area contributed by atoms with Crippen molar-refractivity contribution in [2.75, 3.05) is 38.1 Å². The van der Waals surface area contributed by atoms with Gasteiger partial charge in [-0.25, -0.2) is 0 Å². The largest absolute Gasteiger partial charge is 0.371 e.